The number of allylic oxidation sites excluding steroid dienone is 2. The Hall–Kier alpha value is -4.83. The molecule has 190 valence electrons. The van der Waals surface area contributed by atoms with E-state index in [4.69, 9.17) is 4.42 Å². The Morgan fingerprint density at radius 1 is 0.667 bits per heavy atom. The maximum atomic E-state index is 9.57. The fourth-order valence-electron chi connectivity index (χ4n) is 4.90. The summed E-state index contributed by atoms with van der Waals surface area (Å²) in [6.07, 6.45) is 0. The summed E-state index contributed by atoms with van der Waals surface area (Å²) in [6.45, 7) is 12.9. The van der Waals surface area contributed by atoms with E-state index < -0.39 is 0 Å². The Morgan fingerprint density at radius 3 is 1.69 bits per heavy atom. The lowest BCUT2D eigenvalue weighted by Crippen LogP contribution is -2.11. The third-order valence-corrected chi connectivity index (χ3v) is 8.72. The van der Waals surface area contributed by atoms with Crippen molar-refractivity contribution in [3.8, 4) is 18.2 Å². The number of thiophene rings is 1. The Balaban J connectivity index is 1.70. The molecule has 2 aromatic heterocycles. The average Bonchev–Trinajstić information content (AvgIpc) is 3.46. The van der Waals surface area contributed by atoms with Gasteiger partial charge in [0.15, 0.2) is 0 Å². The number of nitriles is 3. The summed E-state index contributed by atoms with van der Waals surface area (Å²) in [5, 5.41) is 29.0. The van der Waals surface area contributed by atoms with Crippen molar-refractivity contribution in [2.45, 2.75) is 41.5 Å². The zero-order chi connectivity index (χ0) is 28.0. The van der Waals surface area contributed by atoms with Crippen LogP contribution in [0.3, 0.4) is 0 Å². The second kappa shape index (κ2) is 9.80. The zero-order valence-electron chi connectivity index (χ0n) is 22.7. The van der Waals surface area contributed by atoms with Crippen molar-refractivity contribution < 1.29 is 4.42 Å². The molecular formula is C33H26N4OS. The van der Waals surface area contributed by atoms with Crippen LogP contribution in [-0.4, -0.2) is 0 Å². The molecule has 39 heavy (non-hydrogen) atoms. The number of anilines is 3. The summed E-state index contributed by atoms with van der Waals surface area (Å²) < 4.78 is 7.14. The van der Waals surface area contributed by atoms with Gasteiger partial charge in [0.1, 0.15) is 34.9 Å². The highest BCUT2D eigenvalue weighted by molar-refractivity contribution is 7.21. The van der Waals surface area contributed by atoms with Crippen LogP contribution in [0, 0.1) is 75.5 Å². The van der Waals surface area contributed by atoms with Crippen LogP contribution in [0.1, 0.15) is 38.3 Å². The minimum absolute atomic E-state index is 0.0718. The molecule has 2 heterocycles. The monoisotopic (exact) mass is 526 g/mol. The first-order valence-corrected chi connectivity index (χ1v) is 13.3. The van der Waals surface area contributed by atoms with E-state index in [9.17, 15) is 15.8 Å². The Bertz CT molecular complexity index is 1850. The van der Waals surface area contributed by atoms with Crippen LogP contribution in [0.25, 0.3) is 26.8 Å². The van der Waals surface area contributed by atoms with Crippen molar-refractivity contribution in [3.63, 3.8) is 0 Å². The molecule has 5 rings (SSSR count). The molecule has 0 saturated heterocycles. The number of furan rings is 1. The minimum atomic E-state index is -0.198. The first-order valence-electron chi connectivity index (χ1n) is 12.5. The van der Waals surface area contributed by atoms with Crippen molar-refractivity contribution in [2.75, 3.05) is 4.90 Å². The lowest BCUT2D eigenvalue weighted by atomic mass is 10.00. The minimum Gasteiger partial charge on any atom is -0.455 e. The average molecular weight is 527 g/mol. The van der Waals surface area contributed by atoms with E-state index in [1.165, 1.54) is 44.7 Å². The topological polar surface area (TPSA) is 87.8 Å². The third kappa shape index (κ3) is 4.34. The normalized spacial score (nSPS) is 10.7. The Labute approximate surface area is 232 Å². The van der Waals surface area contributed by atoms with Crippen molar-refractivity contribution in [1.82, 2.24) is 0 Å². The van der Waals surface area contributed by atoms with Gasteiger partial charge in [-0.3, -0.25) is 0 Å². The number of hydrogen-bond acceptors (Lipinski definition) is 6. The molecule has 0 aliphatic carbocycles. The molecule has 6 heteroatoms. The second-order valence-corrected chi connectivity index (χ2v) is 11.0. The van der Waals surface area contributed by atoms with Crippen LogP contribution >= 0.6 is 11.3 Å². The standard InChI is InChI=1S/C33H26N4OS/c1-18-9-26(10-19(2)22(18)5)37(27-11-20(3)23(6)21(4)12-27)25-7-8-28-30(13-25)38-31-14-32(39-33(28)31)29(17-36)24(15-34)16-35/h7-14H,1-6H3. The molecular weight excluding hydrogens is 500 g/mol. The maximum absolute atomic E-state index is 9.57. The molecule has 3 aromatic carbocycles. The molecule has 0 bridgehead atoms. The first kappa shape index (κ1) is 25.8. The van der Waals surface area contributed by atoms with Gasteiger partial charge in [-0.2, -0.15) is 15.8 Å². The summed E-state index contributed by atoms with van der Waals surface area (Å²) in [7, 11) is 0. The highest BCUT2D eigenvalue weighted by atomic mass is 32.1. The van der Waals surface area contributed by atoms with Gasteiger partial charge in [-0.15, -0.1) is 11.3 Å². The predicted molar refractivity (Wildman–Crippen MR) is 158 cm³/mol. The van der Waals surface area contributed by atoms with E-state index in [-0.39, 0.29) is 11.1 Å². The van der Waals surface area contributed by atoms with Gasteiger partial charge in [0.25, 0.3) is 0 Å². The third-order valence-electron chi connectivity index (χ3n) is 7.56. The molecule has 0 atom stereocenters. The van der Waals surface area contributed by atoms with Crippen molar-refractivity contribution in [2.24, 2.45) is 0 Å². The molecule has 0 fully saturated rings. The van der Waals surface area contributed by atoms with Crippen molar-refractivity contribution >= 4 is 55.2 Å². The molecule has 0 unspecified atom stereocenters. The number of hydrogen-bond donors (Lipinski definition) is 0. The van der Waals surface area contributed by atoms with Gasteiger partial charge in [-0.05, 0) is 111 Å². The van der Waals surface area contributed by atoms with Crippen molar-refractivity contribution in [3.05, 3.63) is 92.4 Å². The summed E-state index contributed by atoms with van der Waals surface area (Å²) in [6, 6.07) is 22.4. The molecule has 0 radical (unpaired) electrons. The van der Waals surface area contributed by atoms with E-state index in [0.29, 0.717) is 10.5 Å². The first-order chi connectivity index (χ1) is 18.7. The van der Waals surface area contributed by atoms with Crippen LogP contribution in [-0.2, 0) is 0 Å². The predicted octanol–water partition coefficient (Wildman–Crippen LogP) is 9.29. The second-order valence-electron chi connectivity index (χ2n) is 9.92. The van der Waals surface area contributed by atoms with E-state index in [2.05, 4.69) is 76.8 Å². The zero-order valence-corrected chi connectivity index (χ0v) is 23.5. The largest absolute Gasteiger partial charge is 0.455 e. The molecule has 0 spiro atoms. The number of fused-ring (bicyclic) bond motifs is 3. The summed E-state index contributed by atoms with van der Waals surface area (Å²) >= 11 is 1.35. The molecule has 5 nitrogen and oxygen atoms in total. The molecule has 5 aromatic rings. The van der Waals surface area contributed by atoms with E-state index >= 15 is 0 Å². The van der Waals surface area contributed by atoms with Crippen LogP contribution in [0.2, 0.25) is 0 Å². The number of benzene rings is 3. The molecule has 0 aliphatic heterocycles. The summed E-state index contributed by atoms with van der Waals surface area (Å²) in [5.41, 5.74) is 11.9. The smallest absolute Gasteiger partial charge is 0.148 e. The van der Waals surface area contributed by atoms with Gasteiger partial charge in [0.05, 0.1) is 15.2 Å². The molecule has 0 N–H and O–H groups in total. The van der Waals surface area contributed by atoms with Gasteiger partial charge in [-0.1, -0.05) is 0 Å². The van der Waals surface area contributed by atoms with E-state index in [1.54, 1.807) is 6.07 Å². The van der Waals surface area contributed by atoms with Gasteiger partial charge in [-0.25, -0.2) is 0 Å². The molecule has 0 saturated carbocycles. The van der Waals surface area contributed by atoms with Crippen LogP contribution < -0.4 is 4.90 Å². The van der Waals surface area contributed by atoms with Gasteiger partial charge >= 0.3 is 0 Å². The summed E-state index contributed by atoms with van der Waals surface area (Å²) in [5.74, 6) is 0. The quantitative estimate of drug-likeness (QED) is 0.218. The fraction of sp³-hybridized carbons (Fsp3) is 0.182. The van der Waals surface area contributed by atoms with Crippen LogP contribution in [0.4, 0.5) is 17.1 Å². The van der Waals surface area contributed by atoms with Gasteiger partial charge in [0, 0.05) is 34.6 Å². The van der Waals surface area contributed by atoms with Crippen LogP contribution in [0.5, 0.6) is 0 Å². The van der Waals surface area contributed by atoms with Crippen LogP contribution in [0.15, 0.2) is 58.5 Å². The SMILES string of the molecule is Cc1cc(N(c2cc(C)c(C)c(C)c2)c2ccc3c(c2)oc2cc(C(C#N)=C(C#N)C#N)sc23)cc(C)c1C. The number of nitrogens with zero attached hydrogens (tertiary/aromatic N) is 4. The lowest BCUT2D eigenvalue weighted by molar-refractivity contribution is 0.670. The Kier molecular flexibility index (Phi) is 6.49. The highest BCUT2D eigenvalue weighted by Gasteiger charge is 2.20. The fourth-order valence-corrected chi connectivity index (χ4v) is 6.02. The van der Waals surface area contributed by atoms with E-state index in [1.807, 2.05) is 30.3 Å². The maximum Gasteiger partial charge on any atom is 0.148 e. The lowest BCUT2D eigenvalue weighted by Gasteiger charge is -2.28. The van der Waals surface area contributed by atoms with Crippen molar-refractivity contribution in [1.29, 1.82) is 15.8 Å². The van der Waals surface area contributed by atoms with E-state index in [0.717, 1.165) is 32.7 Å². The summed E-state index contributed by atoms with van der Waals surface area (Å²) in [4.78, 5) is 2.82. The molecule has 0 amide bonds. The van der Waals surface area contributed by atoms with Gasteiger partial charge in [0.2, 0.25) is 0 Å². The number of rotatable bonds is 4. The van der Waals surface area contributed by atoms with Gasteiger partial charge < -0.3 is 9.32 Å². The Morgan fingerprint density at radius 2 is 1.21 bits per heavy atom. The number of aryl methyl sites for hydroxylation is 4. The highest BCUT2D eigenvalue weighted by Crippen LogP contribution is 2.43. The molecule has 0 aliphatic rings.